The average molecular weight is 560 g/mol. The summed E-state index contributed by atoms with van der Waals surface area (Å²) >= 11 is 1.17. The van der Waals surface area contributed by atoms with Crippen LogP contribution >= 0.6 is 11.3 Å². The number of nitrogens with zero attached hydrogens (tertiary/aromatic N) is 3. The first kappa shape index (κ1) is 26.8. The van der Waals surface area contributed by atoms with Crippen molar-refractivity contribution in [1.29, 1.82) is 0 Å². The van der Waals surface area contributed by atoms with Crippen LogP contribution < -0.4 is 19.6 Å². The summed E-state index contributed by atoms with van der Waals surface area (Å²) in [7, 11) is 1.56. The van der Waals surface area contributed by atoms with E-state index in [1.165, 1.54) is 28.0 Å². The van der Waals surface area contributed by atoms with Gasteiger partial charge in [0.2, 0.25) is 0 Å². The first-order chi connectivity index (χ1) is 19.2. The molecule has 0 radical (unpaired) electrons. The van der Waals surface area contributed by atoms with E-state index in [9.17, 15) is 19.7 Å². The van der Waals surface area contributed by atoms with Crippen LogP contribution in [0.2, 0.25) is 0 Å². The SMILES string of the molecule is COc1ccc(C2C(C(=O)OC(C)C)=C(C)N=c3sc(=Cc4ccc(-c5cccc([N+](=O)[O-])c5)o4)c(=O)n32)cc1. The highest BCUT2D eigenvalue weighted by Gasteiger charge is 2.33. The maximum absolute atomic E-state index is 13.8. The number of furan rings is 1. The van der Waals surface area contributed by atoms with E-state index in [0.717, 1.165) is 0 Å². The van der Waals surface area contributed by atoms with Gasteiger partial charge in [-0.2, -0.15) is 0 Å². The molecule has 3 heterocycles. The van der Waals surface area contributed by atoms with Crippen LogP contribution in [0, 0.1) is 10.1 Å². The normalized spacial score (nSPS) is 15.1. The first-order valence-corrected chi connectivity index (χ1v) is 13.2. The summed E-state index contributed by atoms with van der Waals surface area (Å²) in [6, 6.07) is 15.9. The Bertz CT molecular complexity index is 1830. The minimum Gasteiger partial charge on any atom is -0.497 e. The molecule has 0 bridgehead atoms. The largest absolute Gasteiger partial charge is 0.497 e. The number of thiazole rings is 1. The van der Waals surface area contributed by atoms with Crippen molar-refractivity contribution in [2.75, 3.05) is 7.11 Å². The van der Waals surface area contributed by atoms with Gasteiger partial charge in [0.05, 0.1) is 40.0 Å². The highest BCUT2D eigenvalue weighted by atomic mass is 32.1. The lowest BCUT2D eigenvalue weighted by Gasteiger charge is -2.25. The minimum atomic E-state index is -0.757. The molecule has 10 nitrogen and oxygen atoms in total. The zero-order valence-corrected chi connectivity index (χ0v) is 22.9. The molecule has 0 spiro atoms. The summed E-state index contributed by atoms with van der Waals surface area (Å²) < 4.78 is 18.6. The highest BCUT2D eigenvalue weighted by Crippen LogP contribution is 2.32. The van der Waals surface area contributed by atoms with Gasteiger partial charge < -0.3 is 13.9 Å². The summed E-state index contributed by atoms with van der Waals surface area (Å²) in [5, 5.41) is 11.2. The van der Waals surface area contributed by atoms with E-state index in [-0.39, 0.29) is 22.9 Å². The van der Waals surface area contributed by atoms with Gasteiger partial charge in [-0.15, -0.1) is 0 Å². The van der Waals surface area contributed by atoms with Gasteiger partial charge in [-0.25, -0.2) is 9.79 Å². The van der Waals surface area contributed by atoms with Crippen molar-refractivity contribution < 1.29 is 23.6 Å². The van der Waals surface area contributed by atoms with E-state index in [2.05, 4.69) is 4.99 Å². The number of carbonyl (C=O) groups is 1. The number of nitro benzene ring substituents is 1. The number of rotatable bonds is 7. The highest BCUT2D eigenvalue weighted by molar-refractivity contribution is 7.07. The van der Waals surface area contributed by atoms with Gasteiger partial charge in [0.25, 0.3) is 11.2 Å². The van der Waals surface area contributed by atoms with E-state index in [1.54, 1.807) is 82.5 Å². The van der Waals surface area contributed by atoms with Crippen LogP contribution in [0.1, 0.15) is 38.1 Å². The van der Waals surface area contributed by atoms with Crippen LogP contribution in [0.25, 0.3) is 17.4 Å². The summed E-state index contributed by atoms with van der Waals surface area (Å²) in [4.78, 5) is 42.7. The lowest BCUT2D eigenvalue weighted by molar-refractivity contribution is -0.384. The standard InChI is InChI=1S/C29H25N3O7S/c1-16(2)38-28(34)25-17(3)30-29-31(26(25)18-8-10-21(37-4)11-9-18)27(33)24(40-29)15-22-12-13-23(39-22)19-6-5-7-20(14-19)32(35)36/h5-16,26H,1-4H3. The number of benzene rings is 2. The second-order valence-corrected chi connectivity index (χ2v) is 10.3. The molecule has 1 unspecified atom stereocenters. The van der Waals surface area contributed by atoms with Crippen molar-refractivity contribution in [2.45, 2.75) is 32.9 Å². The molecule has 204 valence electrons. The second-order valence-electron chi connectivity index (χ2n) is 9.32. The lowest BCUT2D eigenvalue weighted by Crippen LogP contribution is -2.40. The number of hydrogen-bond acceptors (Lipinski definition) is 9. The van der Waals surface area contributed by atoms with Crippen molar-refractivity contribution >= 4 is 29.1 Å². The van der Waals surface area contributed by atoms with E-state index in [4.69, 9.17) is 13.9 Å². The number of allylic oxidation sites excluding steroid dienone is 1. The van der Waals surface area contributed by atoms with Crippen LogP contribution in [0.3, 0.4) is 0 Å². The third kappa shape index (κ3) is 5.10. The lowest BCUT2D eigenvalue weighted by atomic mass is 9.96. The molecule has 5 rings (SSSR count). The quantitative estimate of drug-likeness (QED) is 0.187. The summed E-state index contributed by atoms with van der Waals surface area (Å²) in [6.45, 7) is 5.25. The topological polar surface area (TPSA) is 126 Å². The number of nitro groups is 1. The van der Waals surface area contributed by atoms with Crippen LogP contribution in [0.4, 0.5) is 5.69 Å². The summed E-state index contributed by atoms with van der Waals surface area (Å²) in [6.07, 6.45) is 1.24. The third-order valence-electron chi connectivity index (χ3n) is 6.26. The fourth-order valence-corrected chi connectivity index (χ4v) is 5.48. The smallest absolute Gasteiger partial charge is 0.338 e. The molecule has 0 fully saturated rings. The van der Waals surface area contributed by atoms with Gasteiger partial charge in [0.15, 0.2) is 4.80 Å². The molecule has 0 amide bonds. The Kier molecular flexibility index (Phi) is 7.22. The van der Waals surface area contributed by atoms with E-state index in [1.807, 2.05) is 0 Å². The molecular formula is C29H25N3O7S. The fourth-order valence-electron chi connectivity index (χ4n) is 4.45. The number of esters is 1. The Labute approximate surface area is 232 Å². The number of fused-ring (bicyclic) bond motifs is 1. The molecule has 0 N–H and O–H groups in total. The molecule has 40 heavy (non-hydrogen) atoms. The van der Waals surface area contributed by atoms with Gasteiger partial charge >= 0.3 is 5.97 Å². The zero-order valence-electron chi connectivity index (χ0n) is 22.1. The van der Waals surface area contributed by atoms with Gasteiger partial charge in [-0.1, -0.05) is 35.6 Å². The van der Waals surface area contributed by atoms with Gasteiger partial charge in [0.1, 0.15) is 17.3 Å². The fraction of sp³-hybridized carbons (Fsp3) is 0.207. The van der Waals surface area contributed by atoms with Crippen molar-refractivity contribution in [3.63, 3.8) is 0 Å². The number of hydrogen-bond donors (Lipinski definition) is 0. The van der Waals surface area contributed by atoms with Gasteiger partial charge in [-0.05, 0) is 50.6 Å². The summed E-state index contributed by atoms with van der Waals surface area (Å²) in [5.41, 5.74) is 1.59. The van der Waals surface area contributed by atoms with E-state index in [0.29, 0.717) is 43.4 Å². The maximum Gasteiger partial charge on any atom is 0.338 e. The molecule has 2 aromatic heterocycles. The van der Waals surface area contributed by atoms with E-state index >= 15 is 0 Å². The molecular weight excluding hydrogens is 534 g/mol. The van der Waals surface area contributed by atoms with Crippen molar-refractivity contribution in [3.8, 4) is 17.1 Å². The molecule has 11 heteroatoms. The average Bonchev–Trinajstić information content (AvgIpc) is 3.52. The predicted octanol–water partition coefficient (Wildman–Crippen LogP) is 4.36. The number of carbonyl (C=O) groups excluding carboxylic acids is 1. The van der Waals surface area contributed by atoms with Crippen LogP contribution in [-0.4, -0.2) is 28.7 Å². The molecule has 4 aromatic rings. The maximum atomic E-state index is 13.8. The van der Waals surface area contributed by atoms with Crippen molar-refractivity contribution in [1.82, 2.24) is 4.57 Å². The molecule has 0 saturated carbocycles. The van der Waals surface area contributed by atoms with Crippen LogP contribution in [-0.2, 0) is 9.53 Å². The Hall–Kier alpha value is -4.77. The van der Waals surface area contributed by atoms with Gasteiger partial charge in [0, 0.05) is 23.8 Å². The monoisotopic (exact) mass is 559 g/mol. The molecule has 1 atom stereocenters. The number of non-ortho nitro benzene ring substituents is 1. The van der Waals surface area contributed by atoms with Crippen molar-refractivity contribution in [3.05, 3.63) is 113 Å². The molecule has 1 aliphatic heterocycles. The molecule has 1 aliphatic rings. The summed E-state index contributed by atoms with van der Waals surface area (Å²) in [5.74, 6) is 0.913. The molecule has 2 aromatic carbocycles. The second kappa shape index (κ2) is 10.8. The van der Waals surface area contributed by atoms with Crippen molar-refractivity contribution in [2.24, 2.45) is 4.99 Å². The molecule has 0 saturated heterocycles. The van der Waals surface area contributed by atoms with Crippen LogP contribution in [0.5, 0.6) is 5.75 Å². The zero-order chi connectivity index (χ0) is 28.6. The van der Waals surface area contributed by atoms with Gasteiger partial charge in [-0.3, -0.25) is 19.5 Å². The predicted molar refractivity (Wildman–Crippen MR) is 149 cm³/mol. The Morgan fingerprint density at radius 1 is 1.18 bits per heavy atom. The number of ether oxygens (including phenoxy) is 2. The minimum absolute atomic E-state index is 0.0514. The number of aromatic nitrogens is 1. The molecule has 0 aliphatic carbocycles. The first-order valence-electron chi connectivity index (χ1n) is 12.4. The Balaban J connectivity index is 1.61. The third-order valence-corrected chi connectivity index (χ3v) is 7.24. The Morgan fingerprint density at radius 2 is 1.93 bits per heavy atom. The van der Waals surface area contributed by atoms with E-state index < -0.39 is 16.9 Å². The number of methoxy groups -OCH3 is 1. The Morgan fingerprint density at radius 3 is 2.60 bits per heavy atom. The van der Waals surface area contributed by atoms with Crippen LogP contribution in [0.15, 0.2) is 86.1 Å².